The SMILES string of the molecule is CSC1CCN2CCCC(CC2)C1. The van der Waals surface area contributed by atoms with Crippen LogP contribution in [0.3, 0.4) is 0 Å². The number of nitrogens with zero attached hydrogens (tertiary/aromatic N) is 1. The molecule has 2 saturated heterocycles. The van der Waals surface area contributed by atoms with Gasteiger partial charge in [0.25, 0.3) is 0 Å². The van der Waals surface area contributed by atoms with Crippen molar-refractivity contribution in [2.24, 2.45) is 5.92 Å². The summed E-state index contributed by atoms with van der Waals surface area (Å²) in [5.41, 5.74) is 0. The molecule has 0 spiro atoms. The predicted molar refractivity (Wildman–Crippen MR) is 60.3 cm³/mol. The Morgan fingerprint density at radius 3 is 2.77 bits per heavy atom. The van der Waals surface area contributed by atoms with E-state index in [0.29, 0.717) is 0 Å². The Balaban J connectivity index is 1.98. The van der Waals surface area contributed by atoms with Crippen LogP contribution >= 0.6 is 11.8 Å². The van der Waals surface area contributed by atoms with Crippen molar-refractivity contribution in [3.63, 3.8) is 0 Å². The van der Waals surface area contributed by atoms with Crippen LogP contribution in [0, 0.1) is 5.92 Å². The first-order valence-electron chi connectivity index (χ1n) is 5.63. The molecule has 13 heavy (non-hydrogen) atoms. The molecule has 1 nitrogen and oxygen atoms in total. The first-order chi connectivity index (χ1) is 6.38. The average Bonchev–Trinajstić information content (AvgIpc) is 2.28. The maximum atomic E-state index is 2.68. The number of fused-ring (bicyclic) bond motifs is 3. The highest BCUT2D eigenvalue weighted by Gasteiger charge is 2.23. The van der Waals surface area contributed by atoms with Gasteiger partial charge < -0.3 is 4.90 Å². The molecular formula is C11H21NS. The van der Waals surface area contributed by atoms with E-state index in [1.165, 1.54) is 51.7 Å². The van der Waals surface area contributed by atoms with Crippen LogP contribution in [0.25, 0.3) is 0 Å². The lowest BCUT2D eigenvalue weighted by atomic mass is 9.93. The minimum Gasteiger partial charge on any atom is -0.303 e. The van der Waals surface area contributed by atoms with Crippen LogP contribution < -0.4 is 0 Å². The molecule has 2 fully saturated rings. The molecule has 0 aromatic carbocycles. The van der Waals surface area contributed by atoms with Crippen molar-refractivity contribution >= 4 is 11.8 Å². The summed E-state index contributed by atoms with van der Waals surface area (Å²) in [5.74, 6) is 1.04. The predicted octanol–water partition coefficient (Wildman–Crippen LogP) is 2.61. The molecule has 0 amide bonds. The van der Waals surface area contributed by atoms with Crippen molar-refractivity contribution in [1.29, 1.82) is 0 Å². The molecular weight excluding hydrogens is 178 g/mol. The summed E-state index contributed by atoms with van der Waals surface area (Å²) in [6.45, 7) is 4.11. The highest BCUT2D eigenvalue weighted by molar-refractivity contribution is 7.99. The third-order valence-corrected chi connectivity index (χ3v) is 4.73. The van der Waals surface area contributed by atoms with Crippen molar-refractivity contribution < 1.29 is 0 Å². The van der Waals surface area contributed by atoms with Gasteiger partial charge in [-0.2, -0.15) is 11.8 Å². The molecule has 0 N–H and O–H groups in total. The van der Waals surface area contributed by atoms with E-state index in [4.69, 9.17) is 0 Å². The Hall–Kier alpha value is 0.310. The summed E-state index contributed by atoms with van der Waals surface area (Å²) in [6, 6.07) is 0. The van der Waals surface area contributed by atoms with Crippen LogP contribution in [-0.2, 0) is 0 Å². The van der Waals surface area contributed by atoms with Crippen molar-refractivity contribution in [3.05, 3.63) is 0 Å². The van der Waals surface area contributed by atoms with E-state index in [9.17, 15) is 0 Å². The van der Waals surface area contributed by atoms with Gasteiger partial charge in [-0.1, -0.05) is 0 Å². The van der Waals surface area contributed by atoms with Crippen LogP contribution in [0.4, 0.5) is 0 Å². The van der Waals surface area contributed by atoms with Crippen molar-refractivity contribution in [3.8, 4) is 0 Å². The average molecular weight is 199 g/mol. The minimum atomic E-state index is 0.950. The summed E-state index contributed by atoms with van der Waals surface area (Å²) in [6.07, 6.45) is 9.62. The largest absolute Gasteiger partial charge is 0.303 e. The van der Waals surface area contributed by atoms with Crippen LogP contribution in [-0.4, -0.2) is 36.0 Å². The molecule has 2 aliphatic heterocycles. The Bertz CT molecular complexity index is 160. The third-order valence-electron chi connectivity index (χ3n) is 3.64. The van der Waals surface area contributed by atoms with Gasteiger partial charge in [-0.05, 0) is 63.9 Å². The molecule has 0 aliphatic carbocycles. The van der Waals surface area contributed by atoms with Crippen LogP contribution in [0.5, 0.6) is 0 Å². The number of hydrogen-bond donors (Lipinski definition) is 0. The summed E-state index contributed by atoms with van der Waals surface area (Å²) in [4.78, 5) is 2.68. The molecule has 2 aliphatic rings. The molecule has 76 valence electrons. The zero-order valence-electron chi connectivity index (χ0n) is 8.67. The molecule has 2 heterocycles. The van der Waals surface area contributed by atoms with E-state index in [1.54, 1.807) is 0 Å². The zero-order valence-corrected chi connectivity index (χ0v) is 9.48. The fourth-order valence-electron chi connectivity index (χ4n) is 2.71. The van der Waals surface area contributed by atoms with Gasteiger partial charge in [0, 0.05) is 5.25 Å². The summed E-state index contributed by atoms with van der Waals surface area (Å²) in [5, 5.41) is 0.950. The van der Waals surface area contributed by atoms with Gasteiger partial charge in [-0.15, -0.1) is 0 Å². The van der Waals surface area contributed by atoms with Gasteiger partial charge in [0.15, 0.2) is 0 Å². The Morgan fingerprint density at radius 2 is 1.92 bits per heavy atom. The highest BCUT2D eigenvalue weighted by atomic mass is 32.2. The first-order valence-corrected chi connectivity index (χ1v) is 6.92. The summed E-state index contributed by atoms with van der Waals surface area (Å²) in [7, 11) is 0. The molecule has 2 rings (SSSR count). The van der Waals surface area contributed by atoms with E-state index in [2.05, 4.69) is 22.9 Å². The normalized spacial score (nSPS) is 40.8. The smallest absolute Gasteiger partial charge is 0.00590 e. The molecule has 3 atom stereocenters. The lowest BCUT2D eigenvalue weighted by molar-refractivity contribution is 0.258. The third kappa shape index (κ3) is 2.63. The maximum absolute atomic E-state index is 2.68. The van der Waals surface area contributed by atoms with Gasteiger partial charge in [0.2, 0.25) is 0 Å². The van der Waals surface area contributed by atoms with Gasteiger partial charge in [0.1, 0.15) is 0 Å². The maximum Gasteiger partial charge on any atom is 0.00590 e. The van der Waals surface area contributed by atoms with Crippen molar-refractivity contribution in [2.45, 2.75) is 37.4 Å². The fraction of sp³-hybridized carbons (Fsp3) is 1.00. The second kappa shape index (κ2) is 4.70. The molecule has 3 unspecified atom stereocenters. The van der Waals surface area contributed by atoms with E-state index in [1.807, 2.05) is 0 Å². The molecule has 2 bridgehead atoms. The van der Waals surface area contributed by atoms with Gasteiger partial charge in [-0.25, -0.2) is 0 Å². The van der Waals surface area contributed by atoms with E-state index in [0.717, 1.165) is 11.2 Å². The van der Waals surface area contributed by atoms with E-state index < -0.39 is 0 Å². The van der Waals surface area contributed by atoms with Crippen LogP contribution in [0.2, 0.25) is 0 Å². The molecule has 2 heteroatoms. The Morgan fingerprint density at radius 1 is 1.08 bits per heavy atom. The topological polar surface area (TPSA) is 3.24 Å². The van der Waals surface area contributed by atoms with Crippen LogP contribution in [0.15, 0.2) is 0 Å². The standard InChI is InChI=1S/C11H21NS/c1-13-11-5-8-12-6-2-3-10(9-11)4-7-12/h10-11H,2-9H2,1H3. The van der Waals surface area contributed by atoms with Gasteiger partial charge >= 0.3 is 0 Å². The number of hydrogen-bond acceptors (Lipinski definition) is 2. The molecule has 0 aromatic rings. The van der Waals surface area contributed by atoms with Crippen molar-refractivity contribution in [2.75, 3.05) is 25.9 Å². The Labute approximate surface area is 86.3 Å². The van der Waals surface area contributed by atoms with Crippen molar-refractivity contribution in [1.82, 2.24) is 4.90 Å². The lowest BCUT2D eigenvalue weighted by Gasteiger charge is -2.27. The lowest BCUT2D eigenvalue weighted by Crippen LogP contribution is -2.30. The number of rotatable bonds is 1. The highest BCUT2D eigenvalue weighted by Crippen LogP contribution is 2.30. The van der Waals surface area contributed by atoms with E-state index in [-0.39, 0.29) is 0 Å². The summed E-state index contributed by atoms with van der Waals surface area (Å²) >= 11 is 2.09. The van der Waals surface area contributed by atoms with Gasteiger partial charge in [0.05, 0.1) is 0 Å². The fourth-order valence-corrected chi connectivity index (χ4v) is 3.52. The quantitative estimate of drug-likeness (QED) is 0.638. The first kappa shape index (κ1) is 9.85. The molecule has 0 radical (unpaired) electrons. The minimum absolute atomic E-state index is 0.950. The second-order valence-corrected chi connectivity index (χ2v) is 5.66. The Kier molecular flexibility index (Phi) is 3.56. The zero-order chi connectivity index (χ0) is 9.10. The molecule has 0 aromatic heterocycles. The van der Waals surface area contributed by atoms with Gasteiger partial charge in [-0.3, -0.25) is 0 Å². The summed E-state index contributed by atoms with van der Waals surface area (Å²) < 4.78 is 0. The molecule has 0 saturated carbocycles. The van der Waals surface area contributed by atoms with E-state index >= 15 is 0 Å². The monoisotopic (exact) mass is 199 g/mol. The van der Waals surface area contributed by atoms with Crippen LogP contribution in [0.1, 0.15) is 32.1 Å². The second-order valence-electron chi connectivity index (χ2n) is 4.52. The number of thioether (sulfide) groups is 1.